The van der Waals surface area contributed by atoms with Gasteiger partial charge in [0.25, 0.3) is 0 Å². The maximum atomic E-state index is 5.68. The lowest BCUT2D eigenvalue weighted by Gasteiger charge is -2.29. The number of rotatable bonds is 1. The van der Waals surface area contributed by atoms with E-state index < -0.39 is 0 Å². The van der Waals surface area contributed by atoms with E-state index in [2.05, 4.69) is 76.3 Å². The Kier molecular flexibility index (Phi) is 4.17. The van der Waals surface area contributed by atoms with Crippen LogP contribution in [-0.2, 0) is 10.8 Å². The molecular weight excluding hydrogens is 323 g/mol. The molecule has 0 unspecified atom stereocenters. The minimum Gasteiger partial charge on any atom is -0.496 e. The van der Waals surface area contributed by atoms with Crippen molar-refractivity contribution in [2.75, 3.05) is 7.11 Å². The molecule has 0 atom stereocenters. The Labute approximate surface area is 119 Å². The van der Waals surface area contributed by atoms with Crippen molar-refractivity contribution in [1.82, 2.24) is 0 Å². The van der Waals surface area contributed by atoms with Crippen molar-refractivity contribution >= 4 is 22.6 Å². The summed E-state index contributed by atoms with van der Waals surface area (Å²) in [5.74, 6) is 1.05. The van der Waals surface area contributed by atoms with E-state index in [4.69, 9.17) is 4.74 Å². The number of hydrogen-bond acceptors (Lipinski definition) is 1. The second-order valence-electron chi connectivity index (χ2n) is 6.53. The van der Waals surface area contributed by atoms with Crippen LogP contribution < -0.4 is 4.74 Å². The maximum Gasteiger partial charge on any atom is 0.126 e. The molecule has 0 fully saturated rings. The van der Waals surface area contributed by atoms with Crippen molar-refractivity contribution in [2.45, 2.75) is 52.4 Å². The molecular formula is C15H23IO. The highest BCUT2D eigenvalue weighted by Crippen LogP contribution is 2.40. The zero-order chi connectivity index (χ0) is 13.4. The van der Waals surface area contributed by atoms with Gasteiger partial charge in [0, 0.05) is 14.7 Å². The lowest BCUT2D eigenvalue weighted by atomic mass is 9.79. The summed E-state index contributed by atoms with van der Waals surface area (Å²) in [7, 11) is 1.77. The van der Waals surface area contributed by atoms with Gasteiger partial charge in [-0.25, -0.2) is 0 Å². The van der Waals surface area contributed by atoms with Gasteiger partial charge in [-0.2, -0.15) is 0 Å². The molecule has 0 amide bonds. The predicted molar refractivity (Wildman–Crippen MR) is 83.1 cm³/mol. The monoisotopic (exact) mass is 346 g/mol. The molecule has 2 heteroatoms. The SMILES string of the molecule is COc1c(C(C)(C)C)cc(I)cc1C(C)(C)C. The number of hydrogen-bond donors (Lipinski definition) is 0. The van der Waals surface area contributed by atoms with Crippen LogP contribution in [0.15, 0.2) is 12.1 Å². The van der Waals surface area contributed by atoms with Gasteiger partial charge in [-0.3, -0.25) is 0 Å². The average Bonchev–Trinajstić information content (AvgIpc) is 2.13. The van der Waals surface area contributed by atoms with Crippen molar-refractivity contribution < 1.29 is 4.74 Å². The van der Waals surface area contributed by atoms with Gasteiger partial charge in [-0.1, -0.05) is 41.5 Å². The number of ether oxygens (including phenoxy) is 1. The van der Waals surface area contributed by atoms with Crippen LogP contribution in [0.3, 0.4) is 0 Å². The van der Waals surface area contributed by atoms with Gasteiger partial charge in [0.05, 0.1) is 7.11 Å². The Hall–Kier alpha value is -0.250. The van der Waals surface area contributed by atoms with Gasteiger partial charge in [-0.15, -0.1) is 0 Å². The van der Waals surface area contributed by atoms with Crippen LogP contribution in [0.25, 0.3) is 0 Å². The van der Waals surface area contributed by atoms with Gasteiger partial charge >= 0.3 is 0 Å². The Morgan fingerprint density at radius 2 is 1.24 bits per heavy atom. The van der Waals surface area contributed by atoms with Crippen LogP contribution in [0.2, 0.25) is 0 Å². The van der Waals surface area contributed by atoms with Crippen molar-refractivity contribution in [3.8, 4) is 5.75 Å². The van der Waals surface area contributed by atoms with Gasteiger partial charge in [-0.05, 0) is 45.6 Å². The van der Waals surface area contributed by atoms with Crippen molar-refractivity contribution in [2.24, 2.45) is 0 Å². The summed E-state index contributed by atoms with van der Waals surface area (Å²) < 4.78 is 6.96. The first-order chi connectivity index (χ1) is 7.57. The summed E-state index contributed by atoms with van der Waals surface area (Å²) in [5.41, 5.74) is 2.78. The van der Waals surface area contributed by atoms with Crippen LogP contribution in [0, 0.1) is 3.57 Å². The molecule has 1 rings (SSSR count). The van der Waals surface area contributed by atoms with Crippen molar-refractivity contribution in [3.63, 3.8) is 0 Å². The van der Waals surface area contributed by atoms with E-state index in [0.29, 0.717) is 0 Å². The van der Waals surface area contributed by atoms with Gasteiger partial charge in [0.2, 0.25) is 0 Å². The smallest absolute Gasteiger partial charge is 0.126 e. The van der Waals surface area contributed by atoms with E-state index in [1.807, 2.05) is 0 Å². The van der Waals surface area contributed by atoms with E-state index in [-0.39, 0.29) is 10.8 Å². The Bertz CT molecular complexity index is 373. The van der Waals surface area contributed by atoms with Gasteiger partial charge in [0.1, 0.15) is 5.75 Å². The predicted octanol–water partition coefficient (Wildman–Crippen LogP) is 4.89. The molecule has 1 aromatic carbocycles. The summed E-state index contributed by atoms with van der Waals surface area (Å²) in [5, 5.41) is 0. The Balaban J connectivity index is 3.58. The molecule has 0 aromatic heterocycles. The number of benzene rings is 1. The van der Waals surface area contributed by atoms with E-state index in [1.54, 1.807) is 7.11 Å². The third kappa shape index (κ3) is 3.36. The quantitative estimate of drug-likeness (QED) is 0.658. The zero-order valence-electron chi connectivity index (χ0n) is 11.9. The maximum absolute atomic E-state index is 5.68. The fourth-order valence-corrected chi connectivity index (χ4v) is 2.55. The first kappa shape index (κ1) is 14.8. The topological polar surface area (TPSA) is 9.23 Å². The molecule has 0 saturated heterocycles. The van der Waals surface area contributed by atoms with Crippen LogP contribution in [-0.4, -0.2) is 7.11 Å². The molecule has 0 aliphatic heterocycles. The van der Waals surface area contributed by atoms with Crippen LogP contribution in [0.5, 0.6) is 5.75 Å². The van der Waals surface area contributed by atoms with Crippen molar-refractivity contribution in [1.29, 1.82) is 0 Å². The highest BCUT2D eigenvalue weighted by molar-refractivity contribution is 14.1. The summed E-state index contributed by atoms with van der Waals surface area (Å²) in [6.45, 7) is 13.4. The van der Waals surface area contributed by atoms with Crippen LogP contribution in [0.1, 0.15) is 52.7 Å². The third-order valence-corrected chi connectivity index (χ3v) is 3.50. The zero-order valence-corrected chi connectivity index (χ0v) is 14.1. The molecule has 0 radical (unpaired) electrons. The third-order valence-electron chi connectivity index (χ3n) is 2.87. The highest BCUT2D eigenvalue weighted by atomic mass is 127. The number of methoxy groups -OCH3 is 1. The fourth-order valence-electron chi connectivity index (χ4n) is 1.93. The average molecular weight is 346 g/mol. The molecule has 0 N–H and O–H groups in total. The molecule has 1 aromatic rings. The van der Waals surface area contributed by atoms with E-state index in [9.17, 15) is 0 Å². The molecule has 1 nitrogen and oxygen atoms in total. The number of halogens is 1. The van der Waals surface area contributed by atoms with Gasteiger partial charge < -0.3 is 4.74 Å². The molecule has 17 heavy (non-hydrogen) atoms. The largest absolute Gasteiger partial charge is 0.496 e. The molecule has 0 heterocycles. The molecule has 0 bridgehead atoms. The highest BCUT2D eigenvalue weighted by Gasteiger charge is 2.26. The second kappa shape index (κ2) is 4.79. The van der Waals surface area contributed by atoms with Crippen molar-refractivity contribution in [3.05, 3.63) is 26.8 Å². The summed E-state index contributed by atoms with van der Waals surface area (Å²) in [6.07, 6.45) is 0. The summed E-state index contributed by atoms with van der Waals surface area (Å²) in [4.78, 5) is 0. The van der Waals surface area contributed by atoms with Crippen LogP contribution in [0.4, 0.5) is 0 Å². The first-order valence-corrected chi connectivity index (χ1v) is 7.03. The first-order valence-electron chi connectivity index (χ1n) is 5.96. The normalized spacial score (nSPS) is 12.7. The molecule has 0 aliphatic rings. The standard InChI is InChI=1S/C15H23IO/c1-14(2,3)11-8-10(16)9-12(13(11)17-7)15(4,5)6/h8-9H,1-7H3. The van der Waals surface area contributed by atoms with E-state index >= 15 is 0 Å². The molecule has 0 spiro atoms. The van der Waals surface area contributed by atoms with E-state index in [0.717, 1.165) is 5.75 Å². The van der Waals surface area contributed by atoms with E-state index in [1.165, 1.54) is 14.7 Å². The lowest BCUT2D eigenvalue weighted by molar-refractivity contribution is 0.381. The van der Waals surface area contributed by atoms with Gasteiger partial charge in [0.15, 0.2) is 0 Å². The summed E-state index contributed by atoms with van der Waals surface area (Å²) >= 11 is 2.39. The fraction of sp³-hybridized carbons (Fsp3) is 0.600. The van der Waals surface area contributed by atoms with Crippen LogP contribution >= 0.6 is 22.6 Å². The molecule has 96 valence electrons. The minimum absolute atomic E-state index is 0.104. The summed E-state index contributed by atoms with van der Waals surface area (Å²) in [6, 6.07) is 4.46. The minimum atomic E-state index is 0.104. The molecule has 0 aliphatic carbocycles. The second-order valence-corrected chi connectivity index (χ2v) is 7.78. The Morgan fingerprint density at radius 3 is 1.47 bits per heavy atom. The Morgan fingerprint density at radius 1 is 0.882 bits per heavy atom. The lowest BCUT2D eigenvalue weighted by Crippen LogP contribution is -2.19. The molecule has 0 saturated carbocycles.